The number of hydrogen-bond acceptors (Lipinski definition) is 5. The Bertz CT molecular complexity index is 565. The molecule has 108 valence electrons. The monoisotopic (exact) mass is 355 g/mol. The summed E-state index contributed by atoms with van der Waals surface area (Å²) >= 11 is 2.85. The van der Waals surface area contributed by atoms with Gasteiger partial charge in [0.1, 0.15) is 4.90 Å². The number of nitrogens with one attached hydrogen (secondary N) is 1. The molecule has 0 radical (unpaired) electrons. The molecule has 1 aromatic rings. The molecule has 0 amide bonds. The number of hydrogen-bond donors (Lipinski definition) is 3. The van der Waals surface area contributed by atoms with E-state index in [0.29, 0.717) is 0 Å². The smallest absolute Gasteiger partial charge is 0.371 e. The maximum atomic E-state index is 11.9. The third-order valence-corrected chi connectivity index (χ3v) is 4.69. The van der Waals surface area contributed by atoms with Crippen molar-refractivity contribution in [2.45, 2.75) is 24.8 Å². The van der Waals surface area contributed by atoms with Gasteiger partial charge in [-0.05, 0) is 21.8 Å². The van der Waals surface area contributed by atoms with Gasteiger partial charge in [0.05, 0.1) is 6.10 Å². The molecule has 1 aromatic heterocycles. The zero-order valence-electron chi connectivity index (χ0n) is 10.3. The number of aliphatic hydroxyl groups is 1. The van der Waals surface area contributed by atoms with Gasteiger partial charge in [-0.15, -0.1) is 0 Å². The molecule has 0 fully saturated rings. The first-order valence-electron chi connectivity index (χ1n) is 5.35. The van der Waals surface area contributed by atoms with Gasteiger partial charge in [-0.25, -0.2) is 17.9 Å². The van der Waals surface area contributed by atoms with Crippen LogP contribution in [0.4, 0.5) is 0 Å². The zero-order valence-corrected chi connectivity index (χ0v) is 12.7. The van der Waals surface area contributed by atoms with E-state index in [4.69, 9.17) is 9.52 Å². The quantitative estimate of drug-likeness (QED) is 0.701. The van der Waals surface area contributed by atoms with Crippen LogP contribution >= 0.6 is 15.9 Å². The summed E-state index contributed by atoms with van der Waals surface area (Å²) < 4.78 is 30.6. The predicted octanol–water partition coefficient (Wildman–Crippen LogP) is 1.04. The number of sulfonamides is 1. The fourth-order valence-corrected chi connectivity index (χ4v) is 3.14. The van der Waals surface area contributed by atoms with Crippen molar-refractivity contribution < 1.29 is 27.8 Å². The van der Waals surface area contributed by atoms with Gasteiger partial charge in [-0.3, -0.25) is 0 Å². The number of carboxylic acid groups (broad SMARTS) is 1. The minimum Gasteiger partial charge on any atom is -0.475 e. The van der Waals surface area contributed by atoms with Crippen molar-refractivity contribution in [1.29, 1.82) is 0 Å². The van der Waals surface area contributed by atoms with Gasteiger partial charge in [0.2, 0.25) is 15.8 Å². The summed E-state index contributed by atoms with van der Waals surface area (Å²) in [6, 6.07) is 0.899. The largest absolute Gasteiger partial charge is 0.475 e. The van der Waals surface area contributed by atoms with Crippen LogP contribution in [0.1, 0.15) is 24.4 Å². The van der Waals surface area contributed by atoms with E-state index >= 15 is 0 Å². The van der Waals surface area contributed by atoms with E-state index in [1.54, 1.807) is 13.8 Å². The SMILES string of the molecule is CC(C)C(O)CNS(=O)(=O)c1cc(C(=O)O)oc1Br. The van der Waals surface area contributed by atoms with E-state index in [1.165, 1.54) is 0 Å². The van der Waals surface area contributed by atoms with Crippen molar-refractivity contribution in [2.24, 2.45) is 5.92 Å². The summed E-state index contributed by atoms with van der Waals surface area (Å²) in [5.41, 5.74) is 0. The van der Waals surface area contributed by atoms with E-state index in [9.17, 15) is 18.3 Å². The van der Waals surface area contributed by atoms with Crippen molar-refractivity contribution >= 4 is 31.9 Å². The summed E-state index contributed by atoms with van der Waals surface area (Å²) in [6.07, 6.45) is -0.834. The molecule has 0 aliphatic heterocycles. The topological polar surface area (TPSA) is 117 Å². The molecule has 3 N–H and O–H groups in total. The van der Waals surface area contributed by atoms with Crippen LogP contribution in [0.2, 0.25) is 0 Å². The Hall–Kier alpha value is -0.900. The Morgan fingerprint density at radius 2 is 2.11 bits per heavy atom. The molecular formula is C10H14BrNO6S. The van der Waals surface area contributed by atoms with E-state index in [1.807, 2.05) is 0 Å². The normalized spacial score (nSPS) is 13.7. The Labute approximate surface area is 118 Å². The number of carboxylic acids is 1. The van der Waals surface area contributed by atoms with Crippen LogP contribution in [-0.4, -0.2) is 37.2 Å². The first-order valence-corrected chi connectivity index (χ1v) is 7.63. The fourth-order valence-electron chi connectivity index (χ4n) is 1.15. The highest BCUT2D eigenvalue weighted by atomic mass is 79.9. The van der Waals surface area contributed by atoms with Crippen LogP contribution < -0.4 is 4.72 Å². The van der Waals surface area contributed by atoms with Crippen molar-refractivity contribution in [2.75, 3.05) is 6.54 Å². The van der Waals surface area contributed by atoms with Gasteiger partial charge in [-0.2, -0.15) is 0 Å². The number of aliphatic hydroxyl groups excluding tert-OH is 1. The van der Waals surface area contributed by atoms with Crippen molar-refractivity contribution in [3.05, 3.63) is 16.5 Å². The predicted molar refractivity (Wildman–Crippen MR) is 69.4 cm³/mol. The minimum atomic E-state index is -3.95. The lowest BCUT2D eigenvalue weighted by atomic mass is 10.1. The lowest BCUT2D eigenvalue weighted by Crippen LogP contribution is -2.34. The van der Waals surface area contributed by atoms with E-state index in [0.717, 1.165) is 6.07 Å². The van der Waals surface area contributed by atoms with Gasteiger partial charge in [0, 0.05) is 12.6 Å². The Morgan fingerprint density at radius 1 is 1.53 bits per heavy atom. The van der Waals surface area contributed by atoms with Crippen LogP contribution in [-0.2, 0) is 10.0 Å². The summed E-state index contributed by atoms with van der Waals surface area (Å²) in [6.45, 7) is 3.32. The molecule has 0 aliphatic rings. The van der Waals surface area contributed by atoms with Crippen LogP contribution in [0.25, 0.3) is 0 Å². The van der Waals surface area contributed by atoms with E-state index in [2.05, 4.69) is 20.7 Å². The lowest BCUT2D eigenvalue weighted by Gasteiger charge is -2.14. The molecule has 0 saturated heterocycles. The average molecular weight is 356 g/mol. The maximum absolute atomic E-state index is 11.9. The summed E-state index contributed by atoms with van der Waals surface area (Å²) in [5, 5.41) is 18.3. The molecule has 1 rings (SSSR count). The number of halogens is 1. The minimum absolute atomic E-state index is 0.106. The summed E-state index contributed by atoms with van der Waals surface area (Å²) in [7, 11) is -3.95. The number of furan rings is 1. The number of carbonyl (C=O) groups is 1. The Kier molecular flexibility index (Phi) is 5.13. The van der Waals surface area contributed by atoms with Crippen LogP contribution in [0.3, 0.4) is 0 Å². The molecule has 0 aromatic carbocycles. The highest BCUT2D eigenvalue weighted by molar-refractivity contribution is 9.10. The van der Waals surface area contributed by atoms with Gasteiger partial charge in [0.15, 0.2) is 4.67 Å². The zero-order chi connectivity index (χ0) is 14.8. The molecule has 0 bridgehead atoms. The fraction of sp³-hybridized carbons (Fsp3) is 0.500. The highest BCUT2D eigenvalue weighted by Crippen LogP contribution is 2.26. The lowest BCUT2D eigenvalue weighted by molar-refractivity contribution is 0.0661. The summed E-state index contributed by atoms with van der Waals surface area (Å²) in [4.78, 5) is 10.4. The molecule has 19 heavy (non-hydrogen) atoms. The van der Waals surface area contributed by atoms with Crippen LogP contribution in [0.5, 0.6) is 0 Å². The average Bonchev–Trinajstić information content (AvgIpc) is 2.69. The second-order valence-electron chi connectivity index (χ2n) is 4.22. The number of aromatic carboxylic acids is 1. The molecule has 9 heteroatoms. The van der Waals surface area contributed by atoms with Crippen molar-refractivity contribution in [3.8, 4) is 0 Å². The molecular weight excluding hydrogens is 342 g/mol. The van der Waals surface area contributed by atoms with Gasteiger partial charge in [-0.1, -0.05) is 13.8 Å². The molecule has 7 nitrogen and oxygen atoms in total. The highest BCUT2D eigenvalue weighted by Gasteiger charge is 2.25. The number of rotatable bonds is 6. The van der Waals surface area contributed by atoms with Crippen molar-refractivity contribution in [3.63, 3.8) is 0 Å². The summed E-state index contributed by atoms with van der Waals surface area (Å²) in [5.74, 6) is -1.97. The van der Waals surface area contributed by atoms with E-state index in [-0.39, 0.29) is 22.0 Å². The first kappa shape index (κ1) is 16.2. The van der Waals surface area contributed by atoms with Crippen LogP contribution in [0.15, 0.2) is 20.0 Å². The third kappa shape index (κ3) is 4.03. The van der Waals surface area contributed by atoms with E-state index < -0.39 is 27.9 Å². The second-order valence-corrected chi connectivity index (χ2v) is 6.67. The molecule has 1 atom stereocenters. The van der Waals surface area contributed by atoms with Crippen molar-refractivity contribution in [1.82, 2.24) is 4.72 Å². The van der Waals surface area contributed by atoms with Gasteiger partial charge >= 0.3 is 5.97 Å². The maximum Gasteiger partial charge on any atom is 0.371 e. The first-order chi connectivity index (χ1) is 8.65. The Morgan fingerprint density at radius 3 is 2.53 bits per heavy atom. The van der Waals surface area contributed by atoms with Gasteiger partial charge in [0.25, 0.3) is 0 Å². The second kappa shape index (κ2) is 6.04. The molecule has 1 unspecified atom stereocenters. The molecule has 1 heterocycles. The third-order valence-electron chi connectivity index (χ3n) is 2.41. The van der Waals surface area contributed by atoms with Gasteiger partial charge < -0.3 is 14.6 Å². The molecule has 0 saturated carbocycles. The molecule has 0 aliphatic carbocycles. The molecule has 0 spiro atoms. The standard InChI is InChI=1S/C10H14BrNO6S/c1-5(2)6(13)4-12-19(16,17)8-3-7(10(14)15)18-9(8)11/h3,5-6,12-13H,4H2,1-2H3,(H,14,15). The Balaban J connectivity index is 2.92. The van der Waals surface area contributed by atoms with Crippen LogP contribution in [0, 0.1) is 5.92 Å².